The van der Waals surface area contributed by atoms with Gasteiger partial charge in [0.2, 0.25) is 5.75 Å². The summed E-state index contributed by atoms with van der Waals surface area (Å²) in [6.07, 6.45) is 0. The van der Waals surface area contributed by atoms with Gasteiger partial charge in [0.15, 0.2) is 11.5 Å². The zero-order valence-electron chi connectivity index (χ0n) is 14.5. The number of carbonyl (C=O) groups excluding carboxylic acids is 1. The zero-order valence-corrected chi connectivity index (χ0v) is 16.1. The van der Waals surface area contributed by atoms with Crippen molar-refractivity contribution in [2.75, 3.05) is 33.3 Å². The van der Waals surface area contributed by atoms with Crippen LogP contribution in [0, 0.1) is 0 Å². The van der Waals surface area contributed by atoms with Gasteiger partial charge in [-0.3, -0.25) is 4.79 Å². The van der Waals surface area contributed by atoms with E-state index in [1.54, 1.807) is 18.2 Å². The molecule has 0 saturated carbocycles. The highest BCUT2D eigenvalue weighted by atomic mass is 79.9. The van der Waals surface area contributed by atoms with E-state index >= 15 is 0 Å². The molecule has 7 heteroatoms. The third-order valence-corrected chi connectivity index (χ3v) is 4.24. The van der Waals surface area contributed by atoms with Gasteiger partial charge in [0.1, 0.15) is 5.75 Å². The maximum absolute atomic E-state index is 12.8. The fourth-order valence-electron chi connectivity index (χ4n) is 2.33. The van der Waals surface area contributed by atoms with Gasteiger partial charge in [-0.25, -0.2) is 0 Å². The lowest BCUT2D eigenvalue weighted by Crippen LogP contribution is -2.14. The van der Waals surface area contributed by atoms with E-state index in [0.717, 1.165) is 0 Å². The van der Waals surface area contributed by atoms with E-state index in [-0.39, 0.29) is 5.91 Å². The summed E-state index contributed by atoms with van der Waals surface area (Å²) in [5.41, 5.74) is 0.927. The van der Waals surface area contributed by atoms with Crippen LogP contribution < -0.4 is 24.3 Å². The molecule has 25 heavy (non-hydrogen) atoms. The maximum Gasteiger partial charge on any atom is 0.257 e. The van der Waals surface area contributed by atoms with Crippen molar-refractivity contribution in [2.45, 2.75) is 6.92 Å². The van der Waals surface area contributed by atoms with Crippen LogP contribution >= 0.6 is 15.9 Å². The van der Waals surface area contributed by atoms with Gasteiger partial charge in [-0.2, -0.15) is 0 Å². The number of carbonyl (C=O) groups is 1. The van der Waals surface area contributed by atoms with Crippen molar-refractivity contribution in [3.63, 3.8) is 0 Å². The topological polar surface area (TPSA) is 66.0 Å². The second-order valence-electron chi connectivity index (χ2n) is 4.89. The summed E-state index contributed by atoms with van der Waals surface area (Å²) < 4.78 is 22.0. The predicted molar refractivity (Wildman–Crippen MR) is 99.4 cm³/mol. The van der Waals surface area contributed by atoms with E-state index in [9.17, 15) is 4.79 Å². The number of nitrogens with one attached hydrogen (secondary N) is 1. The van der Waals surface area contributed by atoms with Crippen molar-refractivity contribution in [3.05, 3.63) is 40.4 Å². The minimum absolute atomic E-state index is 0.335. The second kappa shape index (κ2) is 8.62. The van der Waals surface area contributed by atoms with Crippen molar-refractivity contribution in [1.29, 1.82) is 0 Å². The van der Waals surface area contributed by atoms with Crippen molar-refractivity contribution in [3.8, 4) is 23.0 Å². The maximum atomic E-state index is 12.8. The van der Waals surface area contributed by atoms with Crippen molar-refractivity contribution < 1.29 is 23.7 Å². The molecule has 2 aromatic carbocycles. The molecule has 0 bridgehead atoms. The monoisotopic (exact) mass is 409 g/mol. The van der Waals surface area contributed by atoms with E-state index in [4.69, 9.17) is 18.9 Å². The van der Waals surface area contributed by atoms with Gasteiger partial charge >= 0.3 is 0 Å². The average molecular weight is 410 g/mol. The Bertz CT molecular complexity index is 763. The van der Waals surface area contributed by atoms with E-state index in [0.29, 0.717) is 45.3 Å². The minimum atomic E-state index is -0.335. The lowest BCUT2D eigenvalue weighted by Gasteiger charge is -2.17. The lowest BCUT2D eigenvalue weighted by atomic mass is 10.1. The van der Waals surface area contributed by atoms with Gasteiger partial charge in [-0.05, 0) is 41.1 Å². The third-order valence-electron chi connectivity index (χ3n) is 3.45. The first-order valence-corrected chi connectivity index (χ1v) is 8.38. The summed E-state index contributed by atoms with van der Waals surface area (Å²) in [7, 11) is 4.50. The lowest BCUT2D eigenvalue weighted by molar-refractivity contribution is 0.102. The number of hydrogen-bond donors (Lipinski definition) is 1. The van der Waals surface area contributed by atoms with Gasteiger partial charge < -0.3 is 24.3 Å². The van der Waals surface area contributed by atoms with Crippen molar-refractivity contribution >= 4 is 27.5 Å². The molecule has 2 rings (SSSR count). The smallest absolute Gasteiger partial charge is 0.257 e. The van der Waals surface area contributed by atoms with Gasteiger partial charge in [0.25, 0.3) is 5.91 Å². The summed E-state index contributed by atoms with van der Waals surface area (Å²) >= 11 is 3.41. The van der Waals surface area contributed by atoms with Gasteiger partial charge in [-0.1, -0.05) is 12.1 Å². The number of hydrogen-bond acceptors (Lipinski definition) is 5. The molecule has 0 spiro atoms. The van der Waals surface area contributed by atoms with Crippen molar-refractivity contribution in [2.24, 2.45) is 0 Å². The highest BCUT2D eigenvalue weighted by Crippen LogP contribution is 2.45. The molecule has 1 amide bonds. The number of methoxy groups -OCH3 is 3. The molecule has 1 N–H and O–H groups in total. The van der Waals surface area contributed by atoms with E-state index in [1.165, 1.54) is 21.3 Å². The van der Waals surface area contributed by atoms with Crippen LogP contribution in [-0.4, -0.2) is 33.8 Å². The molecule has 0 aromatic heterocycles. The van der Waals surface area contributed by atoms with Crippen LogP contribution in [0.3, 0.4) is 0 Å². The number of rotatable bonds is 7. The molecule has 6 nitrogen and oxygen atoms in total. The summed E-state index contributed by atoms with van der Waals surface area (Å²) in [4.78, 5) is 12.8. The van der Waals surface area contributed by atoms with Crippen LogP contribution in [-0.2, 0) is 0 Å². The second-order valence-corrected chi connectivity index (χ2v) is 5.68. The van der Waals surface area contributed by atoms with Crippen LogP contribution in [0.5, 0.6) is 23.0 Å². The number of ether oxygens (including phenoxy) is 4. The number of anilines is 1. The Hall–Kier alpha value is -2.41. The zero-order chi connectivity index (χ0) is 18.4. The van der Waals surface area contributed by atoms with Crippen LogP contribution in [0.2, 0.25) is 0 Å². The molecule has 0 aliphatic heterocycles. The summed E-state index contributed by atoms with van der Waals surface area (Å²) in [5.74, 6) is 1.44. The Morgan fingerprint density at radius 3 is 2.32 bits per heavy atom. The minimum Gasteiger partial charge on any atom is -0.493 e. The Morgan fingerprint density at radius 1 is 1.04 bits per heavy atom. The SMILES string of the molecule is CCOc1ccccc1NC(=O)c1cc(OC)c(OC)c(OC)c1Br. The van der Waals surface area contributed by atoms with E-state index < -0.39 is 0 Å². The summed E-state index contributed by atoms with van der Waals surface area (Å²) in [6, 6.07) is 8.82. The first-order chi connectivity index (χ1) is 12.1. The average Bonchev–Trinajstić information content (AvgIpc) is 2.62. The molecule has 0 unspecified atom stereocenters. The van der Waals surface area contributed by atoms with Crippen LogP contribution in [0.1, 0.15) is 17.3 Å². The molecule has 2 aromatic rings. The highest BCUT2D eigenvalue weighted by Gasteiger charge is 2.23. The Kier molecular flexibility index (Phi) is 6.52. The van der Waals surface area contributed by atoms with E-state index in [1.807, 2.05) is 19.1 Å². The quantitative estimate of drug-likeness (QED) is 0.744. The molecule has 0 atom stereocenters. The van der Waals surface area contributed by atoms with Crippen LogP contribution in [0.25, 0.3) is 0 Å². The molecule has 0 aliphatic carbocycles. The molecular formula is C18H20BrNO5. The number of halogens is 1. The summed E-state index contributed by atoms with van der Waals surface area (Å²) in [5, 5.41) is 2.85. The van der Waals surface area contributed by atoms with Gasteiger partial charge in [0, 0.05) is 0 Å². The Labute approximate surface area is 155 Å². The number of amides is 1. The Morgan fingerprint density at radius 2 is 1.72 bits per heavy atom. The number of benzene rings is 2. The first-order valence-electron chi connectivity index (χ1n) is 7.58. The van der Waals surface area contributed by atoms with Crippen LogP contribution in [0.15, 0.2) is 34.8 Å². The number of para-hydroxylation sites is 2. The van der Waals surface area contributed by atoms with Gasteiger partial charge in [-0.15, -0.1) is 0 Å². The molecule has 0 saturated heterocycles. The fraction of sp³-hybridized carbons (Fsp3) is 0.278. The van der Waals surface area contributed by atoms with Crippen LogP contribution in [0.4, 0.5) is 5.69 Å². The summed E-state index contributed by atoms with van der Waals surface area (Å²) in [6.45, 7) is 2.38. The molecular weight excluding hydrogens is 390 g/mol. The Balaban J connectivity index is 2.43. The van der Waals surface area contributed by atoms with Gasteiger partial charge in [0.05, 0.1) is 43.7 Å². The normalized spacial score (nSPS) is 10.1. The highest BCUT2D eigenvalue weighted by molar-refractivity contribution is 9.10. The third kappa shape index (κ3) is 3.99. The molecule has 0 radical (unpaired) electrons. The molecule has 0 aliphatic rings. The van der Waals surface area contributed by atoms with E-state index in [2.05, 4.69) is 21.2 Å². The standard InChI is InChI=1S/C18H20BrNO5/c1-5-25-13-9-7-6-8-12(13)20-18(21)11-10-14(22-2)16(23-3)17(24-4)15(11)19/h6-10H,5H2,1-4H3,(H,20,21). The largest absolute Gasteiger partial charge is 0.493 e. The first kappa shape index (κ1) is 18.9. The fourth-order valence-corrected chi connectivity index (χ4v) is 2.96. The molecule has 0 heterocycles. The molecule has 0 fully saturated rings. The predicted octanol–water partition coefficient (Wildman–Crippen LogP) is 4.13. The van der Waals surface area contributed by atoms with Crippen molar-refractivity contribution in [1.82, 2.24) is 0 Å². The molecule has 134 valence electrons.